The second-order valence-electron chi connectivity index (χ2n) is 5.16. The van der Waals surface area contributed by atoms with E-state index in [-0.39, 0.29) is 12.5 Å². The Kier molecular flexibility index (Phi) is 7.10. The molecule has 2 aromatic carbocycles. The molecule has 0 saturated carbocycles. The van der Waals surface area contributed by atoms with Crippen LogP contribution in [0.2, 0.25) is 5.02 Å². The lowest BCUT2D eigenvalue weighted by molar-refractivity contribution is -0.123. The van der Waals surface area contributed by atoms with Crippen LogP contribution in [0.25, 0.3) is 0 Å². The quantitative estimate of drug-likeness (QED) is 0.792. The van der Waals surface area contributed by atoms with E-state index in [1.54, 1.807) is 24.3 Å². The molecule has 0 heterocycles. The van der Waals surface area contributed by atoms with Gasteiger partial charge in [0.25, 0.3) is 5.91 Å². The summed E-state index contributed by atoms with van der Waals surface area (Å²) in [5.41, 5.74) is 1.67. The molecule has 132 valence electrons. The van der Waals surface area contributed by atoms with Gasteiger partial charge in [0.1, 0.15) is 5.75 Å². The lowest BCUT2D eigenvalue weighted by atomic mass is 10.1. The second-order valence-corrected chi connectivity index (χ2v) is 5.59. The minimum Gasteiger partial charge on any atom is -0.484 e. The van der Waals surface area contributed by atoms with E-state index in [1.165, 1.54) is 7.11 Å². The SMILES string of the molecule is COC(=O)Nc1ccc(OCC(=O)NCCc2ccc(Cl)cc2)cc1. The highest BCUT2D eigenvalue weighted by Crippen LogP contribution is 2.15. The van der Waals surface area contributed by atoms with Crippen LogP contribution in [-0.4, -0.2) is 32.3 Å². The molecule has 2 N–H and O–H groups in total. The molecule has 7 heteroatoms. The number of halogens is 1. The number of rotatable bonds is 7. The molecular formula is C18H19ClN2O4. The Morgan fingerprint density at radius 1 is 1.04 bits per heavy atom. The predicted molar refractivity (Wildman–Crippen MR) is 96.1 cm³/mol. The Hall–Kier alpha value is -2.73. The highest BCUT2D eigenvalue weighted by atomic mass is 35.5. The van der Waals surface area contributed by atoms with E-state index in [0.29, 0.717) is 23.0 Å². The van der Waals surface area contributed by atoms with E-state index < -0.39 is 6.09 Å². The lowest BCUT2D eigenvalue weighted by Crippen LogP contribution is -2.30. The van der Waals surface area contributed by atoms with Gasteiger partial charge >= 0.3 is 6.09 Å². The number of ether oxygens (including phenoxy) is 2. The van der Waals surface area contributed by atoms with Crippen LogP contribution in [0.1, 0.15) is 5.56 Å². The smallest absolute Gasteiger partial charge is 0.411 e. The molecule has 0 fully saturated rings. The average Bonchev–Trinajstić information content (AvgIpc) is 2.62. The van der Waals surface area contributed by atoms with E-state index in [0.717, 1.165) is 12.0 Å². The van der Waals surface area contributed by atoms with Crippen molar-refractivity contribution in [1.29, 1.82) is 0 Å². The van der Waals surface area contributed by atoms with Gasteiger partial charge in [-0.3, -0.25) is 10.1 Å². The first-order valence-corrected chi connectivity index (χ1v) is 8.03. The number of benzene rings is 2. The first-order valence-electron chi connectivity index (χ1n) is 7.66. The summed E-state index contributed by atoms with van der Waals surface area (Å²) in [6, 6.07) is 14.1. The van der Waals surface area contributed by atoms with Gasteiger partial charge < -0.3 is 14.8 Å². The molecule has 0 saturated heterocycles. The number of amides is 2. The van der Waals surface area contributed by atoms with Crippen molar-refractivity contribution in [3.63, 3.8) is 0 Å². The van der Waals surface area contributed by atoms with Gasteiger partial charge in [-0.1, -0.05) is 23.7 Å². The van der Waals surface area contributed by atoms with Gasteiger partial charge in [0.2, 0.25) is 0 Å². The van der Waals surface area contributed by atoms with Crippen LogP contribution < -0.4 is 15.4 Å². The molecule has 2 aromatic rings. The summed E-state index contributed by atoms with van der Waals surface area (Å²) < 4.78 is 9.90. The Morgan fingerprint density at radius 2 is 1.72 bits per heavy atom. The van der Waals surface area contributed by atoms with Crippen LogP contribution in [-0.2, 0) is 16.0 Å². The zero-order valence-electron chi connectivity index (χ0n) is 13.8. The molecule has 0 radical (unpaired) electrons. The third kappa shape index (κ3) is 6.73. The summed E-state index contributed by atoms with van der Waals surface area (Å²) in [6.07, 6.45) is 0.172. The van der Waals surface area contributed by atoms with E-state index >= 15 is 0 Å². The summed E-state index contributed by atoms with van der Waals surface area (Å²) in [6.45, 7) is 0.441. The number of hydrogen-bond acceptors (Lipinski definition) is 4. The summed E-state index contributed by atoms with van der Waals surface area (Å²) >= 11 is 5.82. The maximum absolute atomic E-state index is 11.8. The zero-order valence-corrected chi connectivity index (χ0v) is 14.5. The fourth-order valence-corrected chi connectivity index (χ4v) is 2.13. The van der Waals surface area contributed by atoms with Gasteiger partial charge in [0.15, 0.2) is 6.61 Å². The Balaban J connectivity index is 1.69. The maximum atomic E-state index is 11.8. The average molecular weight is 363 g/mol. The number of nitrogens with one attached hydrogen (secondary N) is 2. The zero-order chi connectivity index (χ0) is 18.1. The van der Waals surface area contributed by atoms with Crippen molar-refractivity contribution in [2.75, 3.05) is 25.6 Å². The lowest BCUT2D eigenvalue weighted by Gasteiger charge is -2.09. The molecule has 0 aliphatic heterocycles. The van der Waals surface area contributed by atoms with Crippen LogP contribution >= 0.6 is 11.6 Å². The number of anilines is 1. The van der Waals surface area contributed by atoms with Crippen LogP contribution in [0.15, 0.2) is 48.5 Å². The third-order valence-corrected chi connectivity index (χ3v) is 3.56. The molecule has 25 heavy (non-hydrogen) atoms. The predicted octanol–water partition coefficient (Wildman–Crippen LogP) is 3.26. The topological polar surface area (TPSA) is 76.7 Å². The molecule has 0 bridgehead atoms. The van der Waals surface area contributed by atoms with Crippen molar-refractivity contribution in [1.82, 2.24) is 5.32 Å². The molecule has 2 amide bonds. The Bertz CT molecular complexity index is 702. The van der Waals surface area contributed by atoms with Gasteiger partial charge in [0, 0.05) is 17.3 Å². The van der Waals surface area contributed by atoms with Crippen LogP contribution in [0.5, 0.6) is 5.75 Å². The normalized spacial score (nSPS) is 10.0. The van der Waals surface area contributed by atoms with Gasteiger partial charge in [-0.15, -0.1) is 0 Å². The van der Waals surface area contributed by atoms with E-state index in [9.17, 15) is 9.59 Å². The van der Waals surface area contributed by atoms with Crippen LogP contribution in [0, 0.1) is 0 Å². The van der Waals surface area contributed by atoms with Crippen LogP contribution in [0.4, 0.5) is 10.5 Å². The van der Waals surface area contributed by atoms with Crippen molar-refractivity contribution in [3.05, 3.63) is 59.1 Å². The van der Waals surface area contributed by atoms with Crippen molar-refractivity contribution < 1.29 is 19.1 Å². The summed E-state index contributed by atoms with van der Waals surface area (Å²) in [4.78, 5) is 22.9. The number of methoxy groups -OCH3 is 1. The molecule has 0 spiro atoms. The van der Waals surface area contributed by atoms with Crippen LogP contribution in [0.3, 0.4) is 0 Å². The number of carbonyl (C=O) groups excluding carboxylic acids is 2. The standard InChI is InChI=1S/C18H19ClN2O4/c1-24-18(23)21-15-6-8-16(9-7-15)25-12-17(22)20-11-10-13-2-4-14(19)5-3-13/h2-9H,10-12H2,1H3,(H,20,22)(H,21,23). The fourth-order valence-electron chi connectivity index (χ4n) is 2.00. The first-order chi connectivity index (χ1) is 12.1. The molecule has 0 atom stereocenters. The van der Waals surface area contributed by atoms with Gasteiger partial charge in [0.05, 0.1) is 7.11 Å². The Morgan fingerprint density at radius 3 is 2.36 bits per heavy atom. The van der Waals surface area contributed by atoms with Crippen molar-refractivity contribution in [2.24, 2.45) is 0 Å². The van der Waals surface area contributed by atoms with E-state index in [2.05, 4.69) is 15.4 Å². The van der Waals surface area contributed by atoms with Gasteiger partial charge in [-0.05, 0) is 48.4 Å². The fraction of sp³-hybridized carbons (Fsp3) is 0.222. The monoisotopic (exact) mass is 362 g/mol. The number of hydrogen-bond donors (Lipinski definition) is 2. The molecule has 0 aromatic heterocycles. The Labute approximate surface area is 151 Å². The van der Waals surface area contributed by atoms with E-state index in [4.69, 9.17) is 16.3 Å². The molecule has 0 unspecified atom stereocenters. The van der Waals surface area contributed by atoms with Crippen molar-refractivity contribution in [3.8, 4) is 5.75 Å². The highest BCUT2D eigenvalue weighted by molar-refractivity contribution is 6.30. The summed E-state index contributed by atoms with van der Waals surface area (Å²) in [7, 11) is 1.29. The van der Waals surface area contributed by atoms with Crippen molar-refractivity contribution in [2.45, 2.75) is 6.42 Å². The van der Waals surface area contributed by atoms with Crippen molar-refractivity contribution >= 4 is 29.3 Å². The van der Waals surface area contributed by atoms with E-state index in [1.807, 2.05) is 24.3 Å². The highest BCUT2D eigenvalue weighted by Gasteiger charge is 2.04. The number of carbonyl (C=O) groups is 2. The largest absolute Gasteiger partial charge is 0.484 e. The van der Waals surface area contributed by atoms with Gasteiger partial charge in [-0.25, -0.2) is 4.79 Å². The third-order valence-electron chi connectivity index (χ3n) is 3.31. The molecule has 0 aliphatic rings. The minimum atomic E-state index is -0.547. The van der Waals surface area contributed by atoms with Gasteiger partial charge in [-0.2, -0.15) is 0 Å². The summed E-state index contributed by atoms with van der Waals surface area (Å²) in [5, 5.41) is 6.01. The second kappa shape index (κ2) is 9.54. The minimum absolute atomic E-state index is 0.0790. The molecule has 0 aliphatic carbocycles. The molecular weight excluding hydrogens is 344 g/mol. The maximum Gasteiger partial charge on any atom is 0.411 e. The summed E-state index contributed by atoms with van der Waals surface area (Å²) in [5.74, 6) is 0.328. The first kappa shape index (κ1) is 18.6. The molecule has 2 rings (SSSR count). The molecule has 6 nitrogen and oxygen atoms in total.